The number of imidazole rings is 1. The summed E-state index contributed by atoms with van der Waals surface area (Å²) in [4.78, 5) is 57.2. The number of carbonyl (C=O) groups excluding carboxylic acids is 1. The Bertz CT molecular complexity index is 2120. The predicted octanol–water partition coefficient (Wildman–Crippen LogP) is 3.92. The summed E-state index contributed by atoms with van der Waals surface area (Å²) in [5, 5.41) is 3.95. The van der Waals surface area contributed by atoms with Crippen LogP contribution in [0.4, 0.5) is 10.7 Å². The highest BCUT2D eigenvalue weighted by Gasteiger charge is 2.29. The van der Waals surface area contributed by atoms with Crippen LogP contribution in [-0.2, 0) is 24.4 Å². The van der Waals surface area contributed by atoms with Crippen LogP contribution in [0, 0.1) is 11.8 Å². The molecule has 4 aromatic heterocycles. The second kappa shape index (κ2) is 13.1. The number of hydrogen-bond donors (Lipinski definition) is 1. The molecule has 12 heteroatoms. The van der Waals surface area contributed by atoms with Crippen LogP contribution in [0.25, 0.3) is 21.9 Å². The Morgan fingerprint density at radius 3 is 2.53 bits per heavy atom. The Morgan fingerprint density at radius 1 is 1.00 bits per heavy atom. The van der Waals surface area contributed by atoms with Gasteiger partial charge in [0.2, 0.25) is 5.95 Å². The number of benzene rings is 1. The summed E-state index contributed by atoms with van der Waals surface area (Å²) in [6.45, 7) is 8.64. The topological polar surface area (TPSA) is 129 Å². The van der Waals surface area contributed by atoms with Gasteiger partial charge >= 0.3 is 6.09 Å². The normalized spacial score (nSPS) is 15.0. The molecule has 0 unspecified atom stereocenters. The molecule has 1 amide bonds. The monoisotopic (exact) mass is 634 g/mol. The van der Waals surface area contributed by atoms with E-state index in [1.54, 1.807) is 23.9 Å². The molecule has 0 radical (unpaired) electrons. The molecule has 5 heterocycles. The lowest BCUT2D eigenvalue weighted by molar-refractivity contribution is 0.0499. The zero-order valence-corrected chi connectivity index (χ0v) is 27.1. The molecule has 1 fully saturated rings. The van der Waals surface area contributed by atoms with Gasteiger partial charge in [-0.1, -0.05) is 30.2 Å². The number of rotatable bonds is 7. The summed E-state index contributed by atoms with van der Waals surface area (Å²) < 4.78 is 10.1. The minimum atomic E-state index is -0.621. The molecule has 1 aliphatic rings. The lowest BCUT2D eigenvalue weighted by atomic mass is 10.1. The Labute approximate surface area is 272 Å². The molecule has 1 aliphatic heterocycles. The molecule has 1 aromatic carbocycles. The Balaban J connectivity index is 1.46. The summed E-state index contributed by atoms with van der Waals surface area (Å²) >= 11 is 0. The first-order valence-corrected chi connectivity index (χ1v) is 15.7. The van der Waals surface area contributed by atoms with Gasteiger partial charge in [0.1, 0.15) is 11.1 Å². The summed E-state index contributed by atoms with van der Waals surface area (Å²) in [5.41, 5.74) is 1.10. The Morgan fingerprint density at radius 2 is 1.77 bits per heavy atom. The molecular formula is C35H38N8O4. The van der Waals surface area contributed by atoms with Crippen LogP contribution in [0.3, 0.4) is 0 Å². The van der Waals surface area contributed by atoms with Crippen molar-refractivity contribution in [3.63, 3.8) is 0 Å². The van der Waals surface area contributed by atoms with Gasteiger partial charge in [0.25, 0.3) is 11.1 Å². The van der Waals surface area contributed by atoms with Gasteiger partial charge < -0.3 is 15.0 Å². The Hall–Kier alpha value is -5.44. The van der Waals surface area contributed by atoms with E-state index in [4.69, 9.17) is 14.7 Å². The number of anilines is 1. The summed E-state index contributed by atoms with van der Waals surface area (Å²) in [6.07, 6.45) is 4.35. The number of amides is 1. The van der Waals surface area contributed by atoms with Crippen LogP contribution >= 0.6 is 0 Å². The molecule has 242 valence electrons. The second-order valence-electron chi connectivity index (χ2n) is 12.6. The first-order chi connectivity index (χ1) is 22.6. The number of pyridine rings is 2. The largest absolute Gasteiger partial charge is 0.444 e. The first kappa shape index (κ1) is 31.5. The molecule has 0 aliphatic carbocycles. The van der Waals surface area contributed by atoms with E-state index in [0.29, 0.717) is 24.7 Å². The standard InChI is InChI=1S/C35H38N8O4/c1-5-6-20-41-30-29(39-33(41)40-19-9-11-26(22-40)38-34(46)47-35(2,3)4)31(44)42(21-24-15-17-36-18-16-24)43(32(30)45)23-27-14-13-25-10-7-8-12-28(25)37-27/h7-8,10,12-18,26H,9,11,19-23H2,1-4H3,(H,38,46)/t26-/m1/s1. The number of para-hydroxylation sites is 1. The number of aromatic nitrogens is 6. The molecule has 1 N–H and O–H groups in total. The van der Waals surface area contributed by atoms with Crippen molar-refractivity contribution < 1.29 is 9.53 Å². The highest BCUT2D eigenvalue weighted by Crippen LogP contribution is 2.23. The molecule has 12 nitrogen and oxygen atoms in total. The van der Waals surface area contributed by atoms with Gasteiger partial charge in [-0.2, -0.15) is 0 Å². The fourth-order valence-corrected chi connectivity index (χ4v) is 5.90. The SMILES string of the molecule is CC#CCn1c(N2CCC[C@@H](NC(=O)OC(C)(C)C)C2)nc2c(=O)n(Cc3ccncc3)n(Cc3ccc4ccccc4n3)c(=O)c21. The number of nitrogens with zero attached hydrogens (tertiary/aromatic N) is 7. The maximum atomic E-state index is 14.5. The molecular weight excluding hydrogens is 596 g/mol. The lowest BCUT2D eigenvalue weighted by Gasteiger charge is -2.34. The zero-order chi connectivity index (χ0) is 33.1. The van der Waals surface area contributed by atoms with Gasteiger partial charge in [-0.15, -0.1) is 5.92 Å². The van der Waals surface area contributed by atoms with Crippen LogP contribution in [0.2, 0.25) is 0 Å². The molecule has 0 saturated carbocycles. The van der Waals surface area contributed by atoms with Crippen molar-refractivity contribution in [3.8, 4) is 11.8 Å². The van der Waals surface area contributed by atoms with Crippen molar-refractivity contribution in [2.75, 3.05) is 18.0 Å². The third-order valence-electron chi connectivity index (χ3n) is 8.00. The van der Waals surface area contributed by atoms with Gasteiger partial charge in [-0.3, -0.25) is 24.1 Å². The fourth-order valence-electron chi connectivity index (χ4n) is 5.90. The van der Waals surface area contributed by atoms with Crippen molar-refractivity contribution in [1.29, 1.82) is 0 Å². The Kier molecular flexibility index (Phi) is 8.80. The van der Waals surface area contributed by atoms with E-state index in [2.05, 4.69) is 22.1 Å². The van der Waals surface area contributed by atoms with Crippen molar-refractivity contribution in [2.24, 2.45) is 0 Å². The van der Waals surface area contributed by atoms with Crippen LogP contribution < -0.4 is 21.3 Å². The van der Waals surface area contributed by atoms with E-state index in [9.17, 15) is 14.4 Å². The maximum Gasteiger partial charge on any atom is 0.407 e. The molecule has 5 aromatic rings. The van der Waals surface area contributed by atoms with Gasteiger partial charge in [0.15, 0.2) is 5.52 Å². The summed E-state index contributed by atoms with van der Waals surface area (Å²) in [7, 11) is 0. The second-order valence-corrected chi connectivity index (χ2v) is 12.6. The van der Waals surface area contributed by atoms with Crippen LogP contribution in [0.15, 0.2) is 70.5 Å². The quantitative estimate of drug-likeness (QED) is 0.267. The third kappa shape index (κ3) is 6.89. The van der Waals surface area contributed by atoms with Crippen molar-refractivity contribution in [1.82, 2.24) is 34.2 Å². The number of nitrogens with one attached hydrogen (secondary N) is 1. The van der Waals surface area contributed by atoms with Gasteiger partial charge in [-0.05, 0) is 70.4 Å². The number of alkyl carbamates (subject to hydrolysis) is 1. The number of fused-ring (bicyclic) bond motifs is 2. The fraction of sp³-hybridized carbons (Fsp3) is 0.371. The highest BCUT2D eigenvalue weighted by atomic mass is 16.6. The summed E-state index contributed by atoms with van der Waals surface area (Å²) in [5.74, 6) is 6.43. The van der Waals surface area contributed by atoms with Crippen LogP contribution in [0.1, 0.15) is 51.8 Å². The van der Waals surface area contributed by atoms with Crippen molar-refractivity contribution in [3.05, 3.63) is 92.9 Å². The lowest BCUT2D eigenvalue weighted by Crippen LogP contribution is -2.49. The number of hydrogen-bond acceptors (Lipinski definition) is 8. The van der Waals surface area contributed by atoms with E-state index >= 15 is 0 Å². The van der Waals surface area contributed by atoms with Crippen LogP contribution in [-0.4, -0.2) is 59.7 Å². The number of carbonyl (C=O) groups is 1. The highest BCUT2D eigenvalue weighted by molar-refractivity contribution is 5.79. The minimum Gasteiger partial charge on any atom is -0.444 e. The van der Waals surface area contributed by atoms with Crippen molar-refractivity contribution >= 4 is 34.0 Å². The molecule has 0 spiro atoms. The summed E-state index contributed by atoms with van der Waals surface area (Å²) in [6, 6.07) is 15.0. The number of piperidine rings is 1. The van der Waals surface area contributed by atoms with Crippen LogP contribution in [0.5, 0.6) is 0 Å². The van der Waals surface area contributed by atoms with Crippen molar-refractivity contribution in [2.45, 2.75) is 71.8 Å². The zero-order valence-electron chi connectivity index (χ0n) is 27.1. The average Bonchev–Trinajstić information content (AvgIpc) is 3.44. The van der Waals surface area contributed by atoms with E-state index in [1.807, 2.05) is 74.2 Å². The predicted molar refractivity (Wildman–Crippen MR) is 180 cm³/mol. The van der Waals surface area contributed by atoms with Gasteiger partial charge in [-0.25, -0.2) is 19.1 Å². The molecule has 1 saturated heterocycles. The number of ether oxygens (including phenoxy) is 1. The molecule has 1 atom stereocenters. The van der Waals surface area contributed by atoms with Gasteiger partial charge in [0.05, 0.1) is 30.8 Å². The first-order valence-electron chi connectivity index (χ1n) is 15.7. The van der Waals surface area contributed by atoms with E-state index in [0.717, 1.165) is 29.3 Å². The molecule has 0 bridgehead atoms. The van der Waals surface area contributed by atoms with E-state index < -0.39 is 17.3 Å². The minimum absolute atomic E-state index is 0.0712. The molecule has 47 heavy (non-hydrogen) atoms. The maximum absolute atomic E-state index is 14.5. The average molecular weight is 635 g/mol. The van der Waals surface area contributed by atoms with E-state index in [-0.39, 0.29) is 42.3 Å². The third-order valence-corrected chi connectivity index (χ3v) is 8.00. The van der Waals surface area contributed by atoms with Gasteiger partial charge in [0, 0.05) is 36.9 Å². The van der Waals surface area contributed by atoms with E-state index in [1.165, 1.54) is 9.36 Å². The smallest absolute Gasteiger partial charge is 0.407 e. The molecule has 6 rings (SSSR count).